The van der Waals surface area contributed by atoms with Crippen molar-refractivity contribution in [2.45, 2.75) is 25.5 Å². The second kappa shape index (κ2) is 4.66. The molecule has 2 aliphatic heterocycles. The van der Waals surface area contributed by atoms with Crippen molar-refractivity contribution in [2.75, 3.05) is 13.2 Å². The Bertz CT molecular complexity index is 534. The predicted molar refractivity (Wildman–Crippen MR) is 64.5 cm³/mol. The van der Waals surface area contributed by atoms with Crippen LogP contribution in [0.5, 0.6) is 0 Å². The number of carbonyl (C=O) groups is 2. The molecular weight excluding hydrogens is 246 g/mol. The number of carbonyl (C=O) groups excluding carboxylic acids is 2. The van der Waals surface area contributed by atoms with Gasteiger partial charge in [-0.15, -0.1) is 0 Å². The smallest absolute Gasteiger partial charge is 0.255 e. The summed E-state index contributed by atoms with van der Waals surface area (Å²) in [5.74, 6) is -1.53. The Kier molecular flexibility index (Phi) is 2.98. The third kappa shape index (κ3) is 2.10. The van der Waals surface area contributed by atoms with E-state index in [0.717, 1.165) is 25.0 Å². The molecule has 100 valence electrons. The normalized spacial score (nSPS) is 21.8. The average molecular weight is 260 g/mol. The van der Waals surface area contributed by atoms with E-state index in [1.54, 1.807) is 17.0 Å². The Morgan fingerprint density at radius 1 is 1.47 bits per heavy atom. The molecule has 5 heteroatoms. The van der Waals surface area contributed by atoms with Gasteiger partial charge < -0.3 is 19.5 Å². The van der Waals surface area contributed by atoms with Gasteiger partial charge >= 0.3 is 0 Å². The molecule has 0 aromatic heterocycles. The standard InChI is InChI=1S/C14H15NO4/c16-13-12-9(3-1-5-11(12)14(17)18)7-15(13)8-10-4-2-6-19-10/h1,3,5,10H,2,4,6-8H2,(H,17,18)/p-1/t10-/m0/s1. The van der Waals surface area contributed by atoms with Gasteiger partial charge in [0, 0.05) is 25.3 Å². The SMILES string of the molecule is O=C([O-])c1cccc2c1C(=O)N(C[C@@H]1CCCO1)C2. The highest BCUT2D eigenvalue weighted by Gasteiger charge is 2.32. The van der Waals surface area contributed by atoms with Crippen molar-refractivity contribution in [3.05, 3.63) is 34.9 Å². The molecule has 0 N–H and O–H groups in total. The molecule has 1 aromatic carbocycles. The molecule has 0 spiro atoms. The quantitative estimate of drug-likeness (QED) is 0.777. The number of fused-ring (bicyclic) bond motifs is 1. The molecule has 0 aliphatic carbocycles. The molecule has 0 radical (unpaired) electrons. The number of carboxylic acids is 1. The van der Waals surface area contributed by atoms with Gasteiger partial charge in [0.15, 0.2) is 0 Å². The van der Waals surface area contributed by atoms with Crippen molar-refractivity contribution in [1.29, 1.82) is 0 Å². The summed E-state index contributed by atoms with van der Waals surface area (Å²) in [6.45, 7) is 1.72. The maximum atomic E-state index is 12.3. The second-order valence-electron chi connectivity index (χ2n) is 4.95. The van der Waals surface area contributed by atoms with E-state index in [1.165, 1.54) is 6.07 Å². The molecule has 1 amide bonds. The Hall–Kier alpha value is -1.88. The Balaban J connectivity index is 1.85. The topological polar surface area (TPSA) is 69.7 Å². The van der Waals surface area contributed by atoms with Crippen LogP contribution in [-0.2, 0) is 11.3 Å². The predicted octanol–water partition coefficient (Wildman–Crippen LogP) is 0.185. The lowest BCUT2D eigenvalue weighted by Crippen LogP contribution is -2.33. The summed E-state index contributed by atoms with van der Waals surface area (Å²) in [5, 5.41) is 11.1. The molecule has 1 saturated heterocycles. The zero-order chi connectivity index (χ0) is 13.4. The van der Waals surface area contributed by atoms with Gasteiger partial charge in [-0.05, 0) is 18.4 Å². The minimum Gasteiger partial charge on any atom is -0.545 e. The first kappa shape index (κ1) is 12.2. The number of rotatable bonds is 3. The molecule has 0 bridgehead atoms. The van der Waals surface area contributed by atoms with Crippen LogP contribution in [0.3, 0.4) is 0 Å². The van der Waals surface area contributed by atoms with E-state index in [4.69, 9.17) is 4.74 Å². The van der Waals surface area contributed by atoms with Gasteiger partial charge in [-0.1, -0.05) is 18.2 Å². The van der Waals surface area contributed by atoms with Gasteiger partial charge in [0.25, 0.3) is 5.91 Å². The van der Waals surface area contributed by atoms with Crippen LogP contribution in [0.2, 0.25) is 0 Å². The first-order chi connectivity index (χ1) is 9.16. The summed E-state index contributed by atoms with van der Waals surface area (Å²) in [5.41, 5.74) is 1.02. The molecule has 2 heterocycles. The molecule has 0 unspecified atom stereocenters. The molecule has 1 fully saturated rings. The van der Waals surface area contributed by atoms with Gasteiger partial charge in [-0.25, -0.2) is 0 Å². The number of hydrogen-bond donors (Lipinski definition) is 0. The Morgan fingerprint density at radius 3 is 3.00 bits per heavy atom. The second-order valence-corrected chi connectivity index (χ2v) is 4.95. The maximum absolute atomic E-state index is 12.3. The van der Waals surface area contributed by atoms with Crippen molar-refractivity contribution in [2.24, 2.45) is 0 Å². The number of aromatic carboxylic acids is 1. The van der Waals surface area contributed by atoms with Gasteiger partial charge in [0.2, 0.25) is 0 Å². The van der Waals surface area contributed by atoms with E-state index in [-0.39, 0.29) is 23.1 Å². The third-order valence-electron chi connectivity index (χ3n) is 3.68. The number of hydrogen-bond acceptors (Lipinski definition) is 4. The number of amides is 1. The van der Waals surface area contributed by atoms with Gasteiger partial charge in [0.05, 0.1) is 17.6 Å². The lowest BCUT2D eigenvalue weighted by molar-refractivity contribution is -0.255. The highest BCUT2D eigenvalue weighted by molar-refractivity contribution is 6.07. The van der Waals surface area contributed by atoms with Crippen molar-refractivity contribution >= 4 is 11.9 Å². The van der Waals surface area contributed by atoms with Crippen LogP contribution in [0.1, 0.15) is 39.1 Å². The maximum Gasteiger partial charge on any atom is 0.255 e. The van der Waals surface area contributed by atoms with Crippen LogP contribution in [0.15, 0.2) is 18.2 Å². The summed E-state index contributed by atoms with van der Waals surface area (Å²) in [4.78, 5) is 25.0. The summed E-state index contributed by atoms with van der Waals surface area (Å²) >= 11 is 0. The van der Waals surface area contributed by atoms with Crippen LogP contribution in [-0.4, -0.2) is 36.0 Å². The van der Waals surface area contributed by atoms with Crippen molar-refractivity contribution < 1.29 is 19.4 Å². The fourth-order valence-electron chi connectivity index (χ4n) is 2.77. The van der Waals surface area contributed by atoms with E-state index in [9.17, 15) is 14.7 Å². The van der Waals surface area contributed by atoms with E-state index < -0.39 is 5.97 Å². The molecule has 5 nitrogen and oxygen atoms in total. The van der Waals surface area contributed by atoms with Crippen LogP contribution in [0, 0.1) is 0 Å². The summed E-state index contributed by atoms with van der Waals surface area (Å²) in [6.07, 6.45) is 2.04. The molecule has 3 rings (SSSR count). The molecule has 1 aromatic rings. The van der Waals surface area contributed by atoms with E-state index in [1.807, 2.05) is 0 Å². The lowest BCUT2D eigenvalue weighted by Gasteiger charge is -2.19. The van der Waals surface area contributed by atoms with E-state index in [2.05, 4.69) is 0 Å². The van der Waals surface area contributed by atoms with Gasteiger partial charge in [0.1, 0.15) is 0 Å². The third-order valence-corrected chi connectivity index (χ3v) is 3.68. The summed E-state index contributed by atoms with van der Waals surface area (Å²) in [6, 6.07) is 4.85. The summed E-state index contributed by atoms with van der Waals surface area (Å²) in [7, 11) is 0. The Labute approximate surface area is 110 Å². The highest BCUT2D eigenvalue weighted by atomic mass is 16.5. The molecule has 1 atom stereocenters. The zero-order valence-corrected chi connectivity index (χ0v) is 10.4. The fraction of sp³-hybridized carbons (Fsp3) is 0.429. The van der Waals surface area contributed by atoms with Crippen molar-refractivity contribution in [3.63, 3.8) is 0 Å². The van der Waals surface area contributed by atoms with Crippen molar-refractivity contribution in [1.82, 2.24) is 4.90 Å². The highest BCUT2D eigenvalue weighted by Crippen LogP contribution is 2.27. The average Bonchev–Trinajstić information content (AvgIpc) is 2.99. The molecule has 2 aliphatic rings. The largest absolute Gasteiger partial charge is 0.545 e. The number of nitrogens with zero attached hydrogens (tertiary/aromatic N) is 1. The van der Waals surface area contributed by atoms with E-state index >= 15 is 0 Å². The van der Waals surface area contributed by atoms with Crippen LogP contribution >= 0.6 is 0 Å². The minimum absolute atomic E-state index is 0.0164. The van der Waals surface area contributed by atoms with Crippen LogP contribution in [0.25, 0.3) is 0 Å². The lowest BCUT2D eigenvalue weighted by atomic mass is 10.0. The monoisotopic (exact) mass is 260 g/mol. The molecule has 0 saturated carbocycles. The van der Waals surface area contributed by atoms with Crippen LogP contribution in [0.4, 0.5) is 0 Å². The Morgan fingerprint density at radius 2 is 2.32 bits per heavy atom. The zero-order valence-electron chi connectivity index (χ0n) is 10.4. The first-order valence-corrected chi connectivity index (χ1v) is 6.41. The van der Waals surface area contributed by atoms with Gasteiger partial charge in [-0.3, -0.25) is 4.79 Å². The minimum atomic E-state index is -1.30. The first-order valence-electron chi connectivity index (χ1n) is 6.41. The molecular formula is C14H14NO4-. The summed E-state index contributed by atoms with van der Waals surface area (Å²) < 4.78 is 5.52. The number of carboxylic acid groups (broad SMARTS) is 1. The number of benzene rings is 1. The van der Waals surface area contributed by atoms with Crippen LogP contribution < -0.4 is 5.11 Å². The van der Waals surface area contributed by atoms with E-state index in [0.29, 0.717) is 13.1 Å². The molecule has 19 heavy (non-hydrogen) atoms. The van der Waals surface area contributed by atoms with Crippen molar-refractivity contribution in [3.8, 4) is 0 Å². The number of ether oxygens (including phenoxy) is 1. The van der Waals surface area contributed by atoms with Gasteiger partial charge in [-0.2, -0.15) is 0 Å². The fourth-order valence-corrected chi connectivity index (χ4v) is 2.77.